The van der Waals surface area contributed by atoms with Crippen LogP contribution in [0.25, 0.3) is 0 Å². The van der Waals surface area contributed by atoms with Gasteiger partial charge in [-0.15, -0.1) is 0 Å². The SMILES string of the molecule is O.O.O.O=C1C2=C(C(=O)c3ccccc31)C(S(=O)(=O)O)C(Oc1ccccc1)(S(=O)(=O)O)C(S(=O)(=O)O)=C2.[NaH]. The number of benzene rings is 2. The molecule has 2 aliphatic carbocycles. The van der Waals surface area contributed by atoms with Crippen molar-refractivity contribution in [3.8, 4) is 5.75 Å². The summed E-state index contributed by atoms with van der Waals surface area (Å²) in [5.74, 6) is -2.89. The summed E-state index contributed by atoms with van der Waals surface area (Å²) in [5.41, 5.74) is -2.76. The molecule has 2 aliphatic rings. The van der Waals surface area contributed by atoms with Crippen LogP contribution in [-0.4, -0.2) is 107 Å². The summed E-state index contributed by atoms with van der Waals surface area (Å²) in [6.07, 6.45) is 0.235. The molecule has 0 heterocycles. The number of allylic oxidation sites excluding steroid dienone is 2. The summed E-state index contributed by atoms with van der Waals surface area (Å²) in [6.45, 7) is 0. The zero-order valence-corrected chi connectivity index (χ0v) is 21.0. The first-order chi connectivity index (χ1) is 16.1. The fraction of sp³-hybridized carbons (Fsp3) is 0.100. The van der Waals surface area contributed by atoms with Crippen LogP contribution in [-0.2, 0) is 30.4 Å². The molecule has 19 heteroatoms. The topological polar surface area (TPSA) is 301 Å². The van der Waals surface area contributed by atoms with E-state index in [0.29, 0.717) is 0 Å². The molecule has 0 bridgehead atoms. The van der Waals surface area contributed by atoms with Gasteiger partial charge in [0.15, 0.2) is 16.8 Å². The van der Waals surface area contributed by atoms with Crippen LogP contribution in [0.4, 0.5) is 0 Å². The average molecular weight is 621 g/mol. The molecule has 0 saturated heterocycles. The predicted molar refractivity (Wildman–Crippen MR) is 136 cm³/mol. The van der Waals surface area contributed by atoms with Crippen LogP contribution in [0.1, 0.15) is 20.7 Å². The van der Waals surface area contributed by atoms with Crippen molar-refractivity contribution in [1.29, 1.82) is 0 Å². The molecule has 0 fully saturated rings. The zero-order chi connectivity index (χ0) is 26.0. The number of ketones is 2. The Labute approximate surface area is 243 Å². The Morgan fingerprint density at radius 3 is 1.62 bits per heavy atom. The second kappa shape index (κ2) is 12.0. The first kappa shape index (κ1) is 36.7. The number of Topliss-reactive ketones (excluding diaryl/α,β-unsaturated/α-hetero) is 2. The summed E-state index contributed by atoms with van der Waals surface area (Å²) in [4.78, 5) is 20.6. The second-order valence-electron chi connectivity index (χ2n) is 7.47. The second-order valence-corrected chi connectivity index (χ2v) is 11.9. The van der Waals surface area contributed by atoms with Crippen molar-refractivity contribution in [1.82, 2.24) is 0 Å². The van der Waals surface area contributed by atoms with Gasteiger partial charge >= 0.3 is 39.7 Å². The Kier molecular flexibility index (Phi) is 11.3. The predicted octanol–water partition coefficient (Wildman–Crippen LogP) is -2.06. The number of hydrogen-bond acceptors (Lipinski definition) is 9. The zero-order valence-electron chi connectivity index (χ0n) is 18.6. The van der Waals surface area contributed by atoms with Gasteiger partial charge in [0, 0.05) is 22.3 Å². The van der Waals surface area contributed by atoms with Gasteiger partial charge in [-0.3, -0.25) is 23.2 Å². The van der Waals surface area contributed by atoms with E-state index in [1.165, 1.54) is 36.4 Å². The molecule has 0 amide bonds. The molecule has 210 valence electrons. The van der Waals surface area contributed by atoms with Gasteiger partial charge < -0.3 is 21.2 Å². The van der Waals surface area contributed by atoms with Gasteiger partial charge in [-0.05, 0) is 18.2 Å². The summed E-state index contributed by atoms with van der Waals surface area (Å²) >= 11 is 0. The van der Waals surface area contributed by atoms with Crippen molar-refractivity contribution in [2.24, 2.45) is 0 Å². The van der Waals surface area contributed by atoms with Crippen molar-refractivity contribution in [2.45, 2.75) is 10.2 Å². The van der Waals surface area contributed by atoms with Gasteiger partial charge in [-0.2, -0.15) is 25.3 Å². The van der Waals surface area contributed by atoms with Crippen LogP contribution >= 0.6 is 0 Å². The average Bonchev–Trinajstić information content (AvgIpc) is 2.75. The van der Waals surface area contributed by atoms with Gasteiger partial charge in [-0.25, -0.2) is 0 Å². The number of rotatable bonds is 5. The Morgan fingerprint density at radius 1 is 0.718 bits per heavy atom. The first-order valence-electron chi connectivity index (χ1n) is 9.40. The van der Waals surface area contributed by atoms with Crippen LogP contribution in [0, 0.1) is 0 Å². The normalized spacial score (nSPS) is 20.5. The monoisotopic (exact) mass is 620 g/mol. The van der Waals surface area contributed by atoms with Crippen molar-refractivity contribution < 1.29 is 69.7 Å². The van der Waals surface area contributed by atoms with E-state index in [9.17, 15) is 48.5 Å². The van der Waals surface area contributed by atoms with E-state index < -0.39 is 73.9 Å². The quantitative estimate of drug-likeness (QED) is 0.240. The van der Waals surface area contributed by atoms with Crippen LogP contribution in [0.15, 0.2) is 76.7 Å². The molecule has 0 saturated carbocycles. The molecule has 2 atom stereocenters. The Bertz CT molecular complexity index is 1680. The summed E-state index contributed by atoms with van der Waals surface area (Å²) in [5, 5.41) is -3.20. The molecule has 9 N–H and O–H groups in total. The van der Waals surface area contributed by atoms with Crippen molar-refractivity contribution in [3.05, 3.63) is 87.9 Å². The summed E-state index contributed by atoms with van der Waals surface area (Å²) < 4.78 is 111. The first-order valence-corrected chi connectivity index (χ1v) is 13.8. The third-order valence-electron chi connectivity index (χ3n) is 5.39. The number of carbonyl (C=O) groups excluding carboxylic acids is 2. The standard InChI is InChI=1S/C20H14O12S3.Na.3H2O.H/c21-17-12-8-4-5-9-13(12)18(22)16-14(17)10-15(33(23,24)25)20(35(29,30)31,19(16)34(26,27)28)32-11-6-2-1-3-7-11;;;;;/h1-10,19H,(H,23,24,25)(H,26,27,28)(H,29,30,31);;3*1H2;. The number of ether oxygens (including phenoxy) is 1. The fourth-order valence-electron chi connectivity index (χ4n) is 4.05. The van der Waals surface area contributed by atoms with E-state index in [-0.39, 0.29) is 63.2 Å². The van der Waals surface area contributed by atoms with E-state index in [0.717, 1.165) is 18.2 Å². The van der Waals surface area contributed by atoms with Gasteiger partial charge in [0.2, 0.25) is 0 Å². The molecule has 39 heavy (non-hydrogen) atoms. The number of hydrogen-bond donors (Lipinski definition) is 3. The summed E-state index contributed by atoms with van der Waals surface area (Å²) in [7, 11) is -17.7. The molecule has 0 radical (unpaired) electrons. The van der Waals surface area contributed by atoms with Gasteiger partial charge in [0.25, 0.3) is 25.2 Å². The minimum absolute atomic E-state index is 0. The fourth-order valence-corrected chi connectivity index (χ4v) is 8.27. The van der Waals surface area contributed by atoms with Crippen LogP contribution < -0.4 is 4.74 Å². The van der Waals surface area contributed by atoms with E-state index in [4.69, 9.17) is 4.74 Å². The number of fused-ring (bicyclic) bond motifs is 1. The van der Waals surface area contributed by atoms with Crippen LogP contribution in [0.3, 0.4) is 0 Å². The molecule has 4 rings (SSSR count). The van der Waals surface area contributed by atoms with E-state index in [1.807, 2.05) is 0 Å². The van der Waals surface area contributed by atoms with E-state index >= 15 is 0 Å². The van der Waals surface area contributed by atoms with Crippen molar-refractivity contribution in [2.75, 3.05) is 0 Å². The Hall–Kier alpha value is -2.33. The molecular formula is C20H21NaO15S3. The van der Waals surface area contributed by atoms with Crippen LogP contribution in [0.5, 0.6) is 5.75 Å². The van der Waals surface area contributed by atoms with Crippen molar-refractivity contribution in [3.63, 3.8) is 0 Å². The number of para-hydroxylation sites is 1. The maximum absolute atomic E-state index is 13.3. The van der Waals surface area contributed by atoms with E-state index in [1.54, 1.807) is 0 Å². The van der Waals surface area contributed by atoms with E-state index in [2.05, 4.69) is 0 Å². The maximum atomic E-state index is 13.3. The number of carbonyl (C=O) groups is 2. The molecule has 15 nitrogen and oxygen atoms in total. The third kappa shape index (κ3) is 5.92. The molecular weight excluding hydrogens is 599 g/mol. The van der Waals surface area contributed by atoms with Gasteiger partial charge in [0.1, 0.15) is 10.7 Å². The van der Waals surface area contributed by atoms with Crippen molar-refractivity contribution >= 4 is 71.5 Å². The third-order valence-corrected chi connectivity index (χ3v) is 9.12. The van der Waals surface area contributed by atoms with Gasteiger partial charge in [0.05, 0.1) is 0 Å². The Morgan fingerprint density at radius 2 is 1.18 bits per heavy atom. The minimum atomic E-state index is -6.09. The van der Waals surface area contributed by atoms with Gasteiger partial charge in [-0.1, -0.05) is 42.5 Å². The summed E-state index contributed by atoms with van der Waals surface area (Å²) in [6, 6.07) is 11.0. The molecule has 2 unspecified atom stereocenters. The van der Waals surface area contributed by atoms with Crippen LogP contribution in [0.2, 0.25) is 0 Å². The Balaban J connectivity index is 0.00000361. The molecule has 2 aromatic carbocycles. The molecule has 2 aromatic rings. The molecule has 0 aliphatic heterocycles. The molecule has 0 aromatic heterocycles. The molecule has 0 spiro atoms.